The van der Waals surface area contributed by atoms with Crippen molar-refractivity contribution in [3.8, 4) is 5.75 Å². The molecule has 0 bridgehead atoms. The third-order valence-corrected chi connectivity index (χ3v) is 5.21. The first kappa shape index (κ1) is 18.6. The lowest BCUT2D eigenvalue weighted by Gasteiger charge is -2.07. The van der Waals surface area contributed by atoms with Crippen LogP contribution in [0, 0.1) is 20.2 Å². The van der Waals surface area contributed by atoms with Crippen LogP contribution in [0.15, 0.2) is 41.3 Å². The van der Waals surface area contributed by atoms with E-state index in [9.17, 15) is 28.6 Å². The van der Waals surface area contributed by atoms with Crippen molar-refractivity contribution in [1.29, 1.82) is 0 Å². The van der Waals surface area contributed by atoms with E-state index in [4.69, 9.17) is 16.3 Å². The fourth-order valence-electron chi connectivity index (χ4n) is 2.16. The summed E-state index contributed by atoms with van der Waals surface area (Å²) >= 11 is 5.67. The second-order valence-corrected chi connectivity index (χ2v) is 7.29. The number of benzene rings is 2. The predicted octanol–water partition coefficient (Wildman–Crippen LogP) is 3.14. The Hall–Kier alpha value is -2.72. The average molecular weight is 387 g/mol. The molecule has 2 aromatic carbocycles. The molecule has 0 aliphatic carbocycles. The largest absolute Gasteiger partial charge is 0.490 e. The first-order valence-electron chi connectivity index (χ1n) is 6.63. The lowest BCUT2D eigenvalue weighted by atomic mass is 10.2. The summed E-state index contributed by atoms with van der Waals surface area (Å²) in [5.41, 5.74) is -0.965. The molecule has 2 aromatic rings. The molecule has 0 saturated carbocycles. The Morgan fingerprint density at radius 3 is 2.24 bits per heavy atom. The van der Waals surface area contributed by atoms with Gasteiger partial charge in [0.2, 0.25) is 0 Å². The molecule has 132 valence electrons. The molecule has 0 radical (unpaired) electrons. The summed E-state index contributed by atoms with van der Waals surface area (Å²) in [6, 6.07) is 6.85. The van der Waals surface area contributed by atoms with E-state index >= 15 is 0 Å². The number of hydrogen-bond acceptors (Lipinski definition) is 7. The molecule has 0 heterocycles. The van der Waals surface area contributed by atoms with Gasteiger partial charge < -0.3 is 4.74 Å². The van der Waals surface area contributed by atoms with Crippen molar-refractivity contribution >= 4 is 32.8 Å². The summed E-state index contributed by atoms with van der Waals surface area (Å²) in [5, 5.41) is 22.1. The van der Waals surface area contributed by atoms with Crippen molar-refractivity contribution in [2.75, 3.05) is 7.11 Å². The van der Waals surface area contributed by atoms with E-state index in [1.54, 1.807) is 0 Å². The van der Waals surface area contributed by atoms with Crippen LogP contribution in [0.5, 0.6) is 5.75 Å². The number of nitro groups is 2. The van der Waals surface area contributed by atoms with Crippen molar-refractivity contribution in [2.45, 2.75) is 10.6 Å². The monoisotopic (exact) mass is 386 g/mol. The minimum atomic E-state index is -4.13. The number of rotatable bonds is 6. The Kier molecular flexibility index (Phi) is 5.24. The molecule has 0 aromatic heterocycles. The zero-order valence-corrected chi connectivity index (χ0v) is 14.3. The number of hydrogen-bond donors (Lipinski definition) is 0. The molecule has 11 heteroatoms. The second kappa shape index (κ2) is 7.03. The van der Waals surface area contributed by atoms with Gasteiger partial charge in [0.25, 0.3) is 5.69 Å². The van der Waals surface area contributed by atoms with E-state index < -0.39 is 41.7 Å². The van der Waals surface area contributed by atoms with Gasteiger partial charge in [-0.2, -0.15) is 0 Å². The lowest BCUT2D eigenvalue weighted by molar-refractivity contribution is -0.387. The zero-order chi connectivity index (χ0) is 18.8. The quantitative estimate of drug-likeness (QED) is 0.550. The highest BCUT2D eigenvalue weighted by Crippen LogP contribution is 2.32. The average Bonchev–Trinajstić information content (AvgIpc) is 2.53. The maximum absolute atomic E-state index is 12.5. The lowest BCUT2D eigenvalue weighted by Crippen LogP contribution is -2.08. The maximum atomic E-state index is 12.5. The van der Waals surface area contributed by atoms with Crippen molar-refractivity contribution in [1.82, 2.24) is 0 Å². The fourth-order valence-corrected chi connectivity index (χ4v) is 3.83. The van der Waals surface area contributed by atoms with Crippen molar-refractivity contribution < 1.29 is 23.0 Å². The van der Waals surface area contributed by atoms with Crippen LogP contribution in [0.1, 0.15) is 5.56 Å². The van der Waals surface area contributed by atoms with Gasteiger partial charge in [0.15, 0.2) is 15.6 Å². The number of methoxy groups -OCH3 is 1. The highest BCUT2D eigenvalue weighted by Gasteiger charge is 2.27. The zero-order valence-electron chi connectivity index (χ0n) is 12.7. The standard InChI is InChI=1S/C14H11ClN2O7S/c1-24-13-4-2-9(6-11(13)16(18)19)8-25(22,23)14-5-3-10(15)7-12(14)17(20)21/h2-7H,8H2,1H3. The third kappa shape index (κ3) is 4.03. The van der Waals surface area contributed by atoms with Crippen LogP contribution < -0.4 is 4.74 Å². The minimum Gasteiger partial charge on any atom is -0.490 e. The topological polar surface area (TPSA) is 130 Å². The van der Waals surface area contributed by atoms with Gasteiger partial charge in [-0.3, -0.25) is 20.2 Å². The van der Waals surface area contributed by atoms with Crippen LogP contribution in [0.4, 0.5) is 11.4 Å². The van der Waals surface area contributed by atoms with Gasteiger partial charge in [0, 0.05) is 17.2 Å². The van der Waals surface area contributed by atoms with Gasteiger partial charge in [-0.25, -0.2) is 8.42 Å². The number of nitrogens with zero attached hydrogens (tertiary/aromatic N) is 2. The van der Waals surface area contributed by atoms with Gasteiger partial charge >= 0.3 is 5.69 Å². The van der Waals surface area contributed by atoms with Crippen LogP contribution >= 0.6 is 11.6 Å². The molecular weight excluding hydrogens is 376 g/mol. The van der Waals surface area contributed by atoms with Gasteiger partial charge in [0.05, 0.1) is 22.7 Å². The van der Waals surface area contributed by atoms with E-state index in [1.807, 2.05) is 0 Å². The van der Waals surface area contributed by atoms with E-state index in [2.05, 4.69) is 0 Å². The SMILES string of the molecule is COc1ccc(CS(=O)(=O)c2ccc(Cl)cc2[N+](=O)[O-])cc1[N+](=O)[O-]. The van der Waals surface area contributed by atoms with Gasteiger partial charge in [0.1, 0.15) is 4.90 Å². The molecule has 0 aliphatic rings. The van der Waals surface area contributed by atoms with E-state index in [-0.39, 0.29) is 16.3 Å². The third-order valence-electron chi connectivity index (χ3n) is 3.25. The predicted molar refractivity (Wildman–Crippen MR) is 88.6 cm³/mol. The fraction of sp³-hybridized carbons (Fsp3) is 0.143. The Balaban J connectivity index is 2.48. The van der Waals surface area contributed by atoms with Crippen molar-refractivity contribution in [3.05, 3.63) is 67.2 Å². The molecule has 0 atom stereocenters. The van der Waals surface area contributed by atoms with Gasteiger partial charge in [-0.15, -0.1) is 0 Å². The van der Waals surface area contributed by atoms with Crippen LogP contribution in [0.3, 0.4) is 0 Å². The molecule has 0 amide bonds. The molecule has 9 nitrogen and oxygen atoms in total. The van der Waals surface area contributed by atoms with Crippen molar-refractivity contribution in [2.24, 2.45) is 0 Å². The molecule has 0 fully saturated rings. The number of nitro benzene ring substituents is 2. The Morgan fingerprint density at radius 1 is 1.04 bits per heavy atom. The molecule has 0 N–H and O–H groups in total. The highest BCUT2D eigenvalue weighted by atomic mass is 35.5. The molecular formula is C14H11ClN2O7S. The molecule has 0 aliphatic heterocycles. The summed E-state index contributed by atoms with van der Waals surface area (Å²) < 4.78 is 29.9. The summed E-state index contributed by atoms with van der Waals surface area (Å²) in [7, 11) is -2.89. The van der Waals surface area contributed by atoms with Crippen LogP contribution in [0.25, 0.3) is 0 Å². The van der Waals surface area contributed by atoms with E-state index in [0.29, 0.717) is 0 Å². The molecule has 0 saturated heterocycles. The number of sulfone groups is 1. The smallest absolute Gasteiger partial charge is 0.311 e. The summed E-state index contributed by atoms with van der Waals surface area (Å²) in [6.45, 7) is 0. The van der Waals surface area contributed by atoms with Crippen LogP contribution in [-0.4, -0.2) is 25.4 Å². The number of halogens is 1. The van der Waals surface area contributed by atoms with Gasteiger partial charge in [-0.1, -0.05) is 17.7 Å². The Morgan fingerprint density at radius 2 is 1.68 bits per heavy atom. The molecule has 25 heavy (non-hydrogen) atoms. The Labute approximate surface area is 147 Å². The van der Waals surface area contributed by atoms with Gasteiger partial charge in [-0.05, 0) is 23.8 Å². The summed E-state index contributed by atoms with van der Waals surface area (Å²) in [5.74, 6) is -0.677. The summed E-state index contributed by atoms with van der Waals surface area (Å²) in [4.78, 5) is 20.0. The van der Waals surface area contributed by atoms with Crippen LogP contribution in [-0.2, 0) is 15.6 Å². The highest BCUT2D eigenvalue weighted by molar-refractivity contribution is 7.90. The minimum absolute atomic E-state index is 0.0192. The maximum Gasteiger partial charge on any atom is 0.311 e. The number of ether oxygens (including phenoxy) is 1. The molecule has 2 rings (SSSR count). The van der Waals surface area contributed by atoms with Crippen LogP contribution in [0.2, 0.25) is 5.02 Å². The second-order valence-electron chi connectivity index (χ2n) is 4.89. The summed E-state index contributed by atoms with van der Waals surface area (Å²) in [6.07, 6.45) is 0. The first-order valence-corrected chi connectivity index (χ1v) is 8.66. The molecule has 0 spiro atoms. The van der Waals surface area contributed by atoms with Crippen molar-refractivity contribution in [3.63, 3.8) is 0 Å². The van der Waals surface area contributed by atoms with E-state index in [0.717, 1.165) is 18.2 Å². The molecule has 0 unspecified atom stereocenters. The first-order chi connectivity index (χ1) is 11.7. The van der Waals surface area contributed by atoms with E-state index in [1.165, 1.54) is 25.3 Å². The Bertz CT molecular complexity index is 960. The normalized spacial score (nSPS) is 11.1.